The maximum Gasteiger partial charge on any atom is 0.237 e. The fourth-order valence-electron chi connectivity index (χ4n) is 1.72. The number of hydrogen-bond acceptors (Lipinski definition) is 3. The molecule has 2 amide bonds. The molecule has 1 heterocycles. The Morgan fingerprint density at radius 2 is 2.19 bits per heavy atom. The van der Waals surface area contributed by atoms with Crippen LogP contribution in [0.15, 0.2) is 0 Å². The second-order valence-corrected chi connectivity index (χ2v) is 4.41. The average molecular weight is 227 g/mol. The zero-order valence-electron chi connectivity index (χ0n) is 10.0. The molecule has 0 aromatic rings. The van der Waals surface area contributed by atoms with Crippen molar-refractivity contribution in [2.24, 2.45) is 0 Å². The van der Waals surface area contributed by atoms with Crippen LogP contribution < -0.4 is 16.0 Å². The highest BCUT2D eigenvalue weighted by Crippen LogP contribution is 2.04. The summed E-state index contributed by atoms with van der Waals surface area (Å²) in [6, 6.07) is 0.0906. The number of nitrogens with one attached hydrogen (secondary N) is 3. The molecule has 1 fully saturated rings. The molecule has 16 heavy (non-hydrogen) atoms. The molecule has 0 unspecified atom stereocenters. The predicted molar refractivity (Wildman–Crippen MR) is 61.9 cm³/mol. The summed E-state index contributed by atoms with van der Waals surface area (Å²) in [6.07, 6.45) is 2.28. The van der Waals surface area contributed by atoms with Crippen LogP contribution >= 0.6 is 0 Å². The van der Waals surface area contributed by atoms with E-state index in [4.69, 9.17) is 0 Å². The van der Waals surface area contributed by atoms with Crippen LogP contribution in [0.4, 0.5) is 0 Å². The summed E-state index contributed by atoms with van der Waals surface area (Å²) >= 11 is 0. The minimum atomic E-state index is -0.0619. The van der Waals surface area contributed by atoms with E-state index in [1.54, 1.807) is 0 Å². The Labute approximate surface area is 96.4 Å². The van der Waals surface area contributed by atoms with Crippen molar-refractivity contribution in [2.75, 3.05) is 13.1 Å². The molecule has 3 N–H and O–H groups in total. The van der Waals surface area contributed by atoms with E-state index >= 15 is 0 Å². The van der Waals surface area contributed by atoms with Crippen LogP contribution in [-0.4, -0.2) is 37.0 Å². The molecule has 0 aromatic heterocycles. The number of carbonyl (C=O) groups excluding carboxylic acids is 2. The van der Waals surface area contributed by atoms with Crippen LogP contribution in [-0.2, 0) is 9.59 Å². The van der Waals surface area contributed by atoms with E-state index in [2.05, 4.69) is 16.0 Å². The van der Waals surface area contributed by atoms with Crippen molar-refractivity contribution in [1.29, 1.82) is 0 Å². The van der Waals surface area contributed by atoms with E-state index < -0.39 is 0 Å². The van der Waals surface area contributed by atoms with Crippen molar-refractivity contribution in [3.05, 3.63) is 0 Å². The quantitative estimate of drug-likeness (QED) is 0.607. The first-order chi connectivity index (χ1) is 7.59. The maximum absolute atomic E-state index is 11.5. The van der Waals surface area contributed by atoms with Gasteiger partial charge in [0.25, 0.3) is 0 Å². The van der Waals surface area contributed by atoms with Crippen LogP contribution in [0, 0.1) is 0 Å². The van der Waals surface area contributed by atoms with Gasteiger partial charge in [-0.05, 0) is 33.2 Å². The molecular weight excluding hydrogens is 206 g/mol. The predicted octanol–water partition coefficient (Wildman–Crippen LogP) is -0.231. The summed E-state index contributed by atoms with van der Waals surface area (Å²) in [4.78, 5) is 22.8. The lowest BCUT2D eigenvalue weighted by atomic mass is 10.2. The van der Waals surface area contributed by atoms with Gasteiger partial charge < -0.3 is 16.0 Å². The Bertz CT molecular complexity index is 248. The molecule has 1 aliphatic rings. The van der Waals surface area contributed by atoms with Gasteiger partial charge in [0.05, 0.1) is 6.04 Å². The Hall–Kier alpha value is -1.10. The zero-order chi connectivity index (χ0) is 12.0. The van der Waals surface area contributed by atoms with Gasteiger partial charge in [0, 0.05) is 19.0 Å². The molecule has 1 rings (SSSR count). The molecule has 0 radical (unpaired) electrons. The topological polar surface area (TPSA) is 70.2 Å². The second kappa shape index (κ2) is 6.48. The van der Waals surface area contributed by atoms with Crippen molar-refractivity contribution in [2.45, 2.75) is 45.2 Å². The summed E-state index contributed by atoms with van der Waals surface area (Å²) in [5.74, 6) is -0.00970. The van der Waals surface area contributed by atoms with Crippen molar-refractivity contribution in [3.8, 4) is 0 Å². The highest BCUT2D eigenvalue weighted by molar-refractivity contribution is 5.83. The fraction of sp³-hybridized carbons (Fsp3) is 0.818. The SMILES string of the molecule is CC(C)NC(=O)CCNC(=O)[C@@H]1CCCN1. The molecule has 0 saturated carbocycles. The minimum Gasteiger partial charge on any atom is -0.354 e. The molecule has 1 saturated heterocycles. The van der Waals surface area contributed by atoms with Crippen molar-refractivity contribution in [1.82, 2.24) is 16.0 Å². The van der Waals surface area contributed by atoms with Gasteiger partial charge in [-0.2, -0.15) is 0 Å². The molecule has 0 aliphatic carbocycles. The van der Waals surface area contributed by atoms with Crippen molar-refractivity contribution >= 4 is 11.8 Å². The van der Waals surface area contributed by atoms with E-state index in [0.29, 0.717) is 13.0 Å². The molecule has 92 valence electrons. The number of rotatable bonds is 5. The highest BCUT2D eigenvalue weighted by Gasteiger charge is 2.21. The standard InChI is InChI=1S/C11H21N3O2/c1-8(2)14-10(15)5-7-13-11(16)9-4-3-6-12-9/h8-9,12H,3-7H2,1-2H3,(H,13,16)(H,14,15)/t9-/m0/s1. The Kier molecular flexibility index (Phi) is 5.25. The third-order valence-corrected chi connectivity index (χ3v) is 2.48. The van der Waals surface area contributed by atoms with E-state index in [-0.39, 0.29) is 23.9 Å². The van der Waals surface area contributed by atoms with Crippen LogP contribution in [0.1, 0.15) is 33.1 Å². The Balaban J connectivity index is 2.10. The molecule has 1 atom stereocenters. The lowest BCUT2D eigenvalue weighted by Gasteiger charge is -2.11. The van der Waals surface area contributed by atoms with E-state index in [0.717, 1.165) is 19.4 Å². The van der Waals surface area contributed by atoms with Crippen LogP contribution in [0.3, 0.4) is 0 Å². The van der Waals surface area contributed by atoms with Crippen molar-refractivity contribution in [3.63, 3.8) is 0 Å². The first-order valence-electron chi connectivity index (χ1n) is 5.90. The number of carbonyl (C=O) groups is 2. The third kappa shape index (κ3) is 4.61. The fourth-order valence-corrected chi connectivity index (χ4v) is 1.72. The van der Waals surface area contributed by atoms with Crippen LogP contribution in [0.2, 0.25) is 0 Å². The van der Waals surface area contributed by atoms with Gasteiger partial charge in [0.15, 0.2) is 0 Å². The Morgan fingerprint density at radius 3 is 2.75 bits per heavy atom. The average Bonchev–Trinajstić information content (AvgIpc) is 2.68. The normalized spacial score (nSPS) is 19.8. The van der Waals surface area contributed by atoms with Gasteiger partial charge in [-0.15, -0.1) is 0 Å². The molecule has 5 nitrogen and oxygen atoms in total. The first kappa shape index (κ1) is 13.0. The van der Waals surface area contributed by atoms with E-state index in [9.17, 15) is 9.59 Å². The molecule has 0 aromatic carbocycles. The van der Waals surface area contributed by atoms with Gasteiger partial charge >= 0.3 is 0 Å². The first-order valence-corrected chi connectivity index (χ1v) is 5.90. The number of amides is 2. The number of hydrogen-bond donors (Lipinski definition) is 3. The molecule has 0 spiro atoms. The second-order valence-electron chi connectivity index (χ2n) is 4.41. The van der Waals surface area contributed by atoms with Gasteiger partial charge in [-0.25, -0.2) is 0 Å². The summed E-state index contributed by atoms with van der Waals surface area (Å²) in [5.41, 5.74) is 0. The smallest absolute Gasteiger partial charge is 0.237 e. The molecular formula is C11H21N3O2. The lowest BCUT2D eigenvalue weighted by molar-refractivity contribution is -0.123. The van der Waals surface area contributed by atoms with Crippen molar-refractivity contribution < 1.29 is 9.59 Å². The maximum atomic E-state index is 11.5. The molecule has 1 aliphatic heterocycles. The summed E-state index contributed by atoms with van der Waals surface area (Å²) in [7, 11) is 0. The van der Waals surface area contributed by atoms with Gasteiger partial charge in [0.2, 0.25) is 11.8 Å². The summed E-state index contributed by atoms with van der Waals surface area (Å²) in [5, 5.41) is 8.66. The largest absolute Gasteiger partial charge is 0.354 e. The Morgan fingerprint density at radius 1 is 1.44 bits per heavy atom. The van der Waals surface area contributed by atoms with E-state index in [1.165, 1.54) is 0 Å². The highest BCUT2D eigenvalue weighted by atomic mass is 16.2. The van der Waals surface area contributed by atoms with Gasteiger partial charge in [-0.1, -0.05) is 0 Å². The zero-order valence-corrected chi connectivity index (χ0v) is 10.0. The summed E-state index contributed by atoms with van der Waals surface area (Å²) < 4.78 is 0. The monoisotopic (exact) mass is 227 g/mol. The third-order valence-electron chi connectivity index (χ3n) is 2.48. The van der Waals surface area contributed by atoms with Gasteiger partial charge in [0.1, 0.15) is 0 Å². The van der Waals surface area contributed by atoms with E-state index in [1.807, 2.05) is 13.8 Å². The van der Waals surface area contributed by atoms with Crippen LogP contribution in [0.25, 0.3) is 0 Å². The van der Waals surface area contributed by atoms with Crippen LogP contribution in [0.5, 0.6) is 0 Å². The summed E-state index contributed by atoms with van der Waals surface area (Å²) in [6.45, 7) is 5.15. The minimum absolute atomic E-state index is 0.00912. The van der Waals surface area contributed by atoms with Gasteiger partial charge in [-0.3, -0.25) is 9.59 Å². The molecule has 0 bridgehead atoms. The molecule has 5 heteroatoms. The lowest BCUT2D eigenvalue weighted by Crippen LogP contribution is -2.42.